The van der Waals surface area contributed by atoms with E-state index >= 15 is 0 Å². The maximum atomic E-state index is 12.2. The Kier molecular flexibility index (Phi) is 17.4. The fourth-order valence-electron chi connectivity index (χ4n) is 6.06. The molecule has 2 N–H and O–H groups in total. The first-order valence-corrected chi connectivity index (χ1v) is 16.9. The summed E-state index contributed by atoms with van der Waals surface area (Å²) in [5, 5.41) is 20.7. The Labute approximate surface area is 248 Å². The number of aliphatic carboxylic acids is 1. The highest BCUT2D eigenvalue weighted by atomic mass is 16.4. The largest absolute Gasteiger partial charge is 0.481 e. The molecule has 0 bridgehead atoms. The van der Waals surface area contributed by atoms with Gasteiger partial charge in [-0.25, -0.2) is 0 Å². The van der Waals surface area contributed by atoms with Crippen LogP contribution in [-0.2, 0) is 22.0 Å². The van der Waals surface area contributed by atoms with E-state index in [0.717, 1.165) is 41.5 Å². The topological polar surface area (TPSA) is 57.5 Å². The molecule has 0 radical (unpaired) electrons. The Morgan fingerprint density at radius 1 is 0.675 bits per heavy atom. The van der Waals surface area contributed by atoms with Gasteiger partial charge >= 0.3 is 5.97 Å². The minimum atomic E-state index is -0.685. The SMILES string of the molecule is CCCCCCCCCCCCCCCCCCC(Cc1cc(C(C)(C)C)c(C(C)O)c(C(C)(C)C)c1)C(=O)O. The molecule has 2 unspecified atom stereocenters. The minimum Gasteiger partial charge on any atom is -0.481 e. The number of aliphatic hydroxyl groups excluding tert-OH is 1. The van der Waals surface area contributed by atoms with Gasteiger partial charge in [-0.1, -0.05) is 163 Å². The molecule has 3 nitrogen and oxygen atoms in total. The zero-order valence-corrected chi connectivity index (χ0v) is 27.8. The van der Waals surface area contributed by atoms with Crippen molar-refractivity contribution in [3.8, 4) is 0 Å². The maximum Gasteiger partial charge on any atom is 0.306 e. The number of carboxylic acids is 1. The second kappa shape index (κ2) is 19.0. The van der Waals surface area contributed by atoms with Crippen LogP contribution in [0.25, 0.3) is 0 Å². The third kappa shape index (κ3) is 14.5. The molecule has 0 aromatic heterocycles. The van der Waals surface area contributed by atoms with Crippen LogP contribution in [0.3, 0.4) is 0 Å². The number of unbranched alkanes of at least 4 members (excludes halogenated alkanes) is 15. The average Bonchev–Trinajstić information content (AvgIpc) is 2.85. The van der Waals surface area contributed by atoms with E-state index in [1.165, 1.54) is 89.9 Å². The lowest BCUT2D eigenvalue weighted by Gasteiger charge is -2.32. The summed E-state index contributed by atoms with van der Waals surface area (Å²) in [6, 6.07) is 4.34. The quantitative estimate of drug-likeness (QED) is 0.147. The van der Waals surface area contributed by atoms with Crippen molar-refractivity contribution in [3.05, 3.63) is 34.4 Å². The molecule has 0 aliphatic rings. The zero-order valence-electron chi connectivity index (χ0n) is 27.8. The predicted octanol–water partition coefficient (Wildman–Crippen LogP) is 11.2. The summed E-state index contributed by atoms with van der Waals surface area (Å²) in [6.45, 7) is 17.2. The minimum absolute atomic E-state index is 0.130. The molecule has 232 valence electrons. The molecule has 0 saturated carbocycles. The number of hydrogen-bond donors (Lipinski definition) is 2. The van der Waals surface area contributed by atoms with Crippen molar-refractivity contribution in [2.24, 2.45) is 5.92 Å². The van der Waals surface area contributed by atoms with E-state index in [2.05, 4.69) is 60.6 Å². The first-order valence-electron chi connectivity index (χ1n) is 16.9. The molecule has 0 spiro atoms. The Hall–Kier alpha value is -1.35. The lowest BCUT2D eigenvalue weighted by Crippen LogP contribution is -2.24. The fourth-order valence-corrected chi connectivity index (χ4v) is 6.06. The van der Waals surface area contributed by atoms with Crippen LogP contribution >= 0.6 is 0 Å². The smallest absolute Gasteiger partial charge is 0.306 e. The molecule has 3 heteroatoms. The molecule has 40 heavy (non-hydrogen) atoms. The third-order valence-corrected chi connectivity index (χ3v) is 8.51. The molecule has 1 aromatic rings. The predicted molar refractivity (Wildman–Crippen MR) is 173 cm³/mol. The summed E-state index contributed by atoms with van der Waals surface area (Å²) in [7, 11) is 0. The van der Waals surface area contributed by atoms with Crippen molar-refractivity contribution >= 4 is 5.97 Å². The number of carboxylic acid groups (broad SMARTS) is 1. The molecule has 2 atom stereocenters. The van der Waals surface area contributed by atoms with Gasteiger partial charge in [-0.3, -0.25) is 4.79 Å². The molecule has 1 rings (SSSR count). The molecule has 0 saturated heterocycles. The van der Waals surface area contributed by atoms with Gasteiger partial charge in [0.15, 0.2) is 0 Å². The van der Waals surface area contributed by atoms with E-state index < -0.39 is 12.1 Å². The van der Waals surface area contributed by atoms with E-state index in [1.54, 1.807) is 0 Å². The normalized spacial score (nSPS) is 13.9. The number of hydrogen-bond acceptors (Lipinski definition) is 2. The molecule has 1 aromatic carbocycles. The second-order valence-corrected chi connectivity index (χ2v) is 14.6. The molecule has 0 heterocycles. The number of aliphatic hydroxyl groups is 1. The lowest BCUT2D eigenvalue weighted by atomic mass is 9.73. The molecule has 0 amide bonds. The van der Waals surface area contributed by atoms with Crippen molar-refractivity contribution in [2.75, 3.05) is 0 Å². The third-order valence-electron chi connectivity index (χ3n) is 8.51. The Morgan fingerprint density at radius 3 is 1.32 bits per heavy atom. The van der Waals surface area contributed by atoms with Gasteiger partial charge in [0.25, 0.3) is 0 Å². The highest BCUT2D eigenvalue weighted by molar-refractivity contribution is 5.70. The van der Waals surface area contributed by atoms with Crippen LogP contribution in [0.4, 0.5) is 0 Å². The van der Waals surface area contributed by atoms with Crippen molar-refractivity contribution in [1.29, 1.82) is 0 Å². The van der Waals surface area contributed by atoms with Crippen molar-refractivity contribution in [1.82, 2.24) is 0 Å². The Morgan fingerprint density at radius 2 is 1.02 bits per heavy atom. The summed E-state index contributed by atoms with van der Waals surface area (Å²) >= 11 is 0. The molecular formula is C37H66O3. The maximum absolute atomic E-state index is 12.2. The van der Waals surface area contributed by atoms with Crippen LogP contribution in [-0.4, -0.2) is 16.2 Å². The van der Waals surface area contributed by atoms with Gasteiger partial charge in [0.05, 0.1) is 12.0 Å². The van der Waals surface area contributed by atoms with E-state index in [4.69, 9.17) is 0 Å². The summed E-state index contributed by atoms with van der Waals surface area (Å²) in [6.07, 6.45) is 22.0. The van der Waals surface area contributed by atoms with E-state index in [0.29, 0.717) is 6.42 Å². The number of benzene rings is 1. The van der Waals surface area contributed by atoms with Crippen LogP contribution in [0.5, 0.6) is 0 Å². The van der Waals surface area contributed by atoms with Crippen LogP contribution in [0.2, 0.25) is 0 Å². The van der Waals surface area contributed by atoms with Gasteiger partial charge in [-0.15, -0.1) is 0 Å². The second-order valence-electron chi connectivity index (χ2n) is 14.6. The summed E-state index contributed by atoms with van der Waals surface area (Å²) < 4.78 is 0. The number of carbonyl (C=O) groups is 1. The molecular weight excluding hydrogens is 492 g/mol. The van der Waals surface area contributed by atoms with Crippen molar-refractivity contribution in [3.63, 3.8) is 0 Å². The number of rotatable bonds is 21. The van der Waals surface area contributed by atoms with Crippen LogP contribution in [0.15, 0.2) is 12.1 Å². The standard InChI is InChI=1S/C37H66O3/c1-9-10-11-12-13-14-15-16-17-18-19-20-21-22-23-24-25-31(35(39)40)26-30-27-32(36(3,4)5)34(29(2)38)33(28-30)37(6,7)8/h27-29,31,38H,9-26H2,1-8H3,(H,39,40). The van der Waals surface area contributed by atoms with E-state index in [1.807, 2.05) is 6.92 Å². The zero-order chi connectivity index (χ0) is 30.2. The molecule has 0 aliphatic carbocycles. The van der Waals surface area contributed by atoms with E-state index in [9.17, 15) is 15.0 Å². The first-order chi connectivity index (χ1) is 18.8. The van der Waals surface area contributed by atoms with Gasteiger partial charge in [0.1, 0.15) is 0 Å². The summed E-state index contributed by atoms with van der Waals surface area (Å²) in [4.78, 5) is 12.2. The summed E-state index contributed by atoms with van der Waals surface area (Å²) in [5.41, 5.74) is 4.11. The monoisotopic (exact) mass is 559 g/mol. The lowest BCUT2D eigenvalue weighted by molar-refractivity contribution is -0.142. The Balaban J connectivity index is 2.47. The highest BCUT2D eigenvalue weighted by Crippen LogP contribution is 2.39. The van der Waals surface area contributed by atoms with Gasteiger partial charge in [0, 0.05) is 0 Å². The van der Waals surface area contributed by atoms with Crippen LogP contribution in [0, 0.1) is 5.92 Å². The van der Waals surface area contributed by atoms with Crippen molar-refractivity contribution < 1.29 is 15.0 Å². The van der Waals surface area contributed by atoms with Crippen molar-refractivity contribution in [2.45, 2.75) is 188 Å². The van der Waals surface area contributed by atoms with Crippen LogP contribution in [0.1, 0.15) is 193 Å². The fraction of sp³-hybridized carbons (Fsp3) is 0.811. The van der Waals surface area contributed by atoms with Crippen LogP contribution < -0.4 is 0 Å². The van der Waals surface area contributed by atoms with Gasteiger partial charge in [-0.05, 0) is 52.8 Å². The Bertz CT molecular complexity index is 790. The summed E-state index contributed by atoms with van der Waals surface area (Å²) in [5.74, 6) is -1.04. The van der Waals surface area contributed by atoms with Gasteiger partial charge in [0.2, 0.25) is 0 Å². The van der Waals surface area contributed by atoms with Gasteiger partial charge < -0.3 is 10.2 Å². The average molecular weight is 559 g/mol. The van der Waals surface area contributed by atoms with E-state index in [-0.39, 0.29) is 16.7 Å². The van der Waals surface area contributed by atoms with Gasteiger partial charge in [-0.2, -0.15) is 0 Å². The first kappa shape index (κ1) is 36.7. The molecule has 0 fully saturated rings. The molecule has 0 aliphatic heterocycles. The highest BCUT2D eigenvalue weighted by Gasteiger charge is 2.29.